The van der Waals surface area contributed by atoms with Gasteiger partial charge in [0.25, 0.3) is 0 Å². The van der Waals surface area contributed by atoms with E-state index in [4.69, 9.17) is 4.74 Å². The van der Waals surface area contributed by atoms with Crippen molar-refractivity contribution in [3.8, 4) is 5.75 Å². The Morgan fingerprint density at radius 3 is 2.59 bits per heavy atom. The quantitative estimate of drug-likeness (QED) is 0.867. The molecule has 0 aliphatic carbocycles. The van der Waals surface area contributed by atoms with Gasteiger partial charge in [0.05, 0.1) is 7.11 Å². The Morgan fingerprint density at radius 2 is 1.91 bits per heavy atom. The lowest BCUT2D eigenvalue weighted by atomic mass is 10.1. The van der Waals surface area contributed by atoms with Crippen molar-refractivity contribution in [1.82, 2.24) is 9.88 Å². The van der Waals surface area contributed by atoms with Crippen LogP contribution in [-0.4, -0.2) is 43.2 Å². The Labute approximate surface area is 132 Å². The molecule has 4 nitrogen and oxygen atoms in total. The molecule has 1 aromatic heterocycles. The largest absolute Gasteiger partial charge is 0.497 e. The molecule has 2 heterocycles. The van der Waals surface area contributed by atoms with Crippen molar-refractivity contribution in [2.75, 3.05) is 38.2 Å². The first-order valence-corrected chi connectivity index (χ1v) is 7.81. The average Bonchev–Trinajstić information content (AvgIpc) is 2.62. The van der Waals surface area contributed by atoms with E-state index in [1.807, 2.05) is 24.5 Å². The van der Waals surface area contributed by atoms with Crippen molar-refractivity contribution in [1.29, 1.82) is 0 Å². The molecular formula is C18H23N3O. The first-order valence-electron chi connectivity index (χ1n) is 7.81. The van der Waals surface area contributed by atoms with Crippen LogP contribution in [0.2, 0.25) is 0 Å². The Kier molecular flexibility index (Phi) is 4.59. The van der Waals surface area contributed by atoms with Gasteiger partial charge in [-0.05, 0) is 30.7 Å². The Hall–Kier alpha value is -2.07. The van der Waals surface area contributed by atoms with Crippen LogP contribution in [0.1, 0.15) is 18.5 Å². The fraction of sp³-hybridized carbons (Fsp3) is 0.389. The molecule has 1 saturated heterocycles. The van der Waals surface area contributed by atoms with E-state index in [9.17, 15) is 0 Å². The van der Waals surface area contributed by atoms with Gasteiger partial charge in [-0.15, -0.1) is 0 Å². The third kappa shape index (κ3) is 3.22. The van der Waals surface area contributed by atoms with Crippen LogP contribution in [0.3, 0.4) is 0 Å². The van der Waals surface area contributed by atoms with Crippen LogP contribution in [0.4, 0.5) is 5.69 Å². The summed E-state index contributed by atoms with van der Waals surface area (Å²) < 4.78 is 5.32. The molecule has 116 valence electrons. The smallest absolute Gasteiger partial charge is 0.120 e. The summed E-state index contributed by atoms with van der Waals surface area (Å²) in [4.78, 5) is 9.18. The molecule has 1 aliphatic heterocycles. The Morgan fingerprint density at radius 1 is 1.09 bits per heavy atom. The number of nitrogens with zero attached hydrogens (tertiary/aromatic N) is 3. The molecule has 4 heteroatoms. The SMILES string of the molecule is COc1cccc(N2CCN(C(C)c3cccnc3)CC2)c1. The minimum atomic E-state index is 0.418. The number of hydrogen-bond donors (Lipinski definition) is 0. The Balaban J connectivity index is 1.62. The number of aromatic nitrogens is 1. The van der Waals surface area contributed by atoms with Crippen molar-refractivity contribution in [3.05, 3.63) is 54.4 Å². The second-order valence-electron chi connectivity index (χ2n) is 5.69. The third-order valence-corrected chi connectivity index (χ3v) is 4.45. The summed E-state index contributed by atoms with van der Waals surface area (Å²) in [5, 5.41) is 0. The van der Waals surface area contributed by atoms with Crippen LogP contribution < -0.4 is 9.64 Å². The number of pyridine rings is 1. The molecular weight excluding hydrogens is 274 g/mol. The molecule has 0 amide bonds. The summed E-state index contributed by atoms with van der Waals surface area (Å²) in [6.07, 6.45) is 3.80. The molecule has 0 N–H and O–H groups in total. The molecule has 1 atom stereocenters. The van der Waals surface area contributed by atoms with Crippen molar-refractivity contribution in [2.45, 2.75) is 13.0 Å². The van der Waals surface area contributed by atoms with E-state index in [-0.39, 0.29) is 0 Å². The highest BCUT2D eigenvalue weighted by molar-refractivity contribution is 5.51. The molecule has 0 saturated carbocycles. The molecule has 1 fully saturated rings. The zero-order chi connectivity index (χ0) is 15.4. The second kappa shape index (κ2) is 6.79. The van der Waals surface area contributed by atoms with Crippen LogP contribution >= 0.6 is 0 Å². The van der Waals surface area contributed by atoms with Crippen LogP contribution in [-0.2, 0) is 0 Å². The van der Waals surface area contributed by atoms with Crippen LogP contribution in [0, 0.1) is 0 Å². The van der Waals surface area contributed by atoms with Crippen LogP contribution in [0.5, 0.6) is 5.75 Å². The van der Waals surface area contributed by atoms with Gasteiger partial charge < -0.3 is 9.64 Å². The van der Waals surface area contributed by atoms with Gasteiger partial charge in [0.15, 0.2) is 0 Å². The monoisotopic (exact) mass is 297 g/mol. The van der Waals surface area contributed by atoms with E-state index >= 15 is 0 Å². The highest BCUT2D eigenvalue weighted by atomic mass is 16.5. The third-order valence-electron chi connectivity index (χ3n) is 4.45. The summed E-state index contributed by atoms with van der Waals surface area (Å²) in [5.41, 5.74) is 2.53. The van der Waals surface area contributed by atoms with E-state index in [2.05, 4.69) is 46.0 Å². The minimum absolute atomic E-state index is 0.418. The lowest BCUT2D eigenvalue weighted by molar-refractivity contribution is 0.198. The van der Waals surface area contributed by atoms with Gasteiger partial charge in [0, 0.05) is 56.4 Å². The summed E-state index contributed by atoms with van der Waals surface area (Å²) in [6.45, 7) is 6.47. The van der Waals surface area contributed by atoms with E-state index in [1.54, 1.807) is 7.11 Å². The summed E-state index contributed by atoms with van der Waals surface area (Å²) >= 11 is 0. The molecule has 3 rings (SSSR count). The lowest BCUT2D eigenvalue weighted by Gasteiger charge is -2.39. The maximum atomic E-state index is 5.32. The zero-order valence-electron chi connectivity index (χ0n) is 13.3. The van der Waals surface area contributed by atoms with Gasteiger partial charge in [-0.3, -0.25) is 9.88 Å². The Bertz CT molecular complexity index is 594. The molecule has 22 heavy (non-hydrogen) atoms. The number of anilines is 1. The van der Waals surface area contributed by atoms with E-state index in [1.165, 1.54) is 11.3 Å². The number of ether oxygens (including phenoxy) is 1. The fourth-order valence-electron chi connectivity index (χ4n) is 3.01. The number of piperazine rings is 1. The van der Waals surface area contributed by atoms with Crippen molar-refractivity contribution < 1.29 is 4.74 Å². The predicted octanol–water partition coefficient (Wildman–Crippen LogP) is 2.97. The van der Waals surface area contributed by atoms with Gasteiger partial charge in [-0.2, -0.15) is 0 Å². The number of rotatable bonds is 4. The van der Waals surface area contributed by atoms with Gasteiger partial charge in [-0.1, -0.05) is 12.1 Å². The van der Waals surface area contributed by atoms with Crippen molar-refractivity contribution in [3.63, 3.8) is 0 Å². The summed E-state index contributed by atoms with van der Waals surface area (Å²) in [5.74, 6) is 0.920. The molecule has 0 radical (unpaired) electrons. The molecule has 1 aliphatic rings. The second-order valence-corrected chi connectivity index (χ2v) is 5.69. The first kappa shape index (κ1) is 14.9. The van der Waals surface area contributed by atoms with E-state index < -0.39 is 0 Å². The maximum Gasteiger partial charge on any atom is 0.120 e. The van der Waals surface area contributed by atoms with E-state index in [0.29, 0.717) is 6.04 Å². The van der Waals surface area contributed by atoms with Gasteiger partial charge in [0.1, 0.15) is 5.75 Å². The standard InChI is InChI=1S/C18H23N3O/c1-15(16-5-4-8-19-14-16)20-9-11-21(12-10-20)17-6-3-7-18(13-17)22-2/h3-8,13-15H,9-12H2,1-2H3. The molecule has 1 unspecified atom stereocenters. The van der Waals surface area contributed by atoms with Crippen molar-refractivity contribution in [2.24, 2.45) is 0 Å². The van der Waals surface area contributed by atoms with Gasteiger partial charge in [0.2, 0.25) is 0 Å². The average molecular weight is 297 g/mol. The summed E-state index contributed by atoms with van der Waals surface area (Å²) in [6, 6.07) is 12.9. The highest BCUT2D eigenvalue weighted by Gasteiger charge is 2.22. The van der Waals surface area contributed by atoms with Crippen LogP contribution in [0.15, 0.2) is 48.8 Å². The molecule has 2 aromatic rings. The molecule has 1 aromatic carbocycles. The number of hydrogen-bond acceptors (Lipinski definition) is 4. The molecule has 0 spiro atoms. The van der Waals surface area contributed by atoms with Crippen molar-refractivity contribution >= 4 is 5.69 Å². The minimum Gasteiger partial charge on any atom is -0.497 e. The first-order chi connectivity index (χ1) is 10.8. The maximum absolute atomic E-state index is 5.32. The highest BCUT2D eigenvalue weighted by Crippen LogP contribution is 2.25. The zero-order valence-corrected chi connectivity index (χ0v) is 13.3. The van der Waals surface area contributed by atoms with Gasteiger partial charge >= 0.3 is 0 Å². The fourth-order valence-corrected chi connectivity index (χ4v) is 3.01. The lowest BCUT2D eigenvalue weighted by Crippen LogP contribution is -2.47. The number of benzene rings is 1. The number of methoxy groups -OCH3 is 1. The van der Waals surface area contributed by atoms with E-state index in [0.717, 1.165) is 31.9 Å². The predicted molar refractivity (Wildman–Crippen MR) is 89.4 cm³/mol. The molecule has 0 bridgehead atoms. The van der Waals surface area contributed by atoms with Gasteiger partial charge in [-0.25, -0.2) is 0 Å². The summed E-state index contributed by atoms with van der Waals surface area (Å²) in [7, 11) is 1.71. The van der Waals surface area contributed by atoms with Crippen LogP contribution in [0.25, 0.3) is 0 Å². The normalized spacial score (nSPS) is 17.3. The topological polar surface area (TPSA) is 28.6 Å².